The molecule has 0 saturated heterocycles. The van der Waals surface area contributed by atoms with Gasteiger partial charge in [0, 0.05) is 21.4 Å². The Kier molecular flexibility index (Phi) is 4.00. The van der Waals surface area contributed by atoms with Crippen molar-refractivity contribution in [3.05, 3.63) is 28.2 Å². The van der Waals surface area contributed by atoms with Crippen LogP contribution in [0.4, 0.5) is 0 Å². The SMILES string of the molecule is CCC(=O)c1cc(Br)ccc1SC. The molecular weight excluding hydrogens is 248 g/mol. The first kappa shape index (κ1) is 10.8. The van der Waals surface area contributed by atoms with Crippen molar-refractivity contribution in [1.29, 1.82) is 0 Å². The van der Waals surface area contributed by atoms with Crippen LogP contribution >= 0.6 is 27.7 Å². The van der Waals surface area contributed by atoms with Gasteiger partial charge in [0.2, 0.25) is 0 Å². The predicted molar refractivity (Wildman–Crippen MR) is 60.5 cm³/mol. The van der Waals surface area contributed by atoms with Crippen molar-refractivity contribution in [3.63, 3.8) is 0 Å². The van der Waals surface area contributed by atoms with Gasteiger partial charge in [-0.05, 0) is 24.5 Å². The number of ketones is 1. The standard InChI is InChI=1S/C10H11BrOS/c1-3-9(12)8-6-7(11)4-5-10(8)13-2/h4-6H,3H2,1-2H3. The lowest BCUT2D eigenvalue weighted by Crippen LogP contribution is -1.98. The van der Waals surface area contributed by atoms with E-state index in [2.05, 4.69) is 15.9 Å². The van der Waals surface area contributed by atoms with Crippen LogP contribution in [0.15, 0.2) is 27.6 Å². The van der Waals surface area contributed by atoms with Gasteiger partial charge < -0.3 is 0 Å². The maximum absolute atomic E-state index is 11.5. The van der Waals surface area contributed by atoms with Crippen molar-refractivity contribution in [1.82, 2.24) is 0 Å². The lowest BCUT2D eigenvalue weighted by Gasteiger charge is -2.05. The van der Waals surface area contributed by atoms with E-state index in [1.165, 1.54) is 0 Å². The van der Waals surface area contributed by atoms with Crippen LogP contribution < -0.4 is 0 Å². The molecular formula is C10H11BrOS. The Hall–Kier alpha value is -0.280. The van der Waals surface area contributed by atoms with Crippen molar-refractivity contribution in [2.75, 3.05) is 6.26 Å². The van der Waals surface area contributed by atoms with Crippen LogP contribution in [0.25, 0.3) is 0 Å². The first-order valence-electron chi connectivity index (χ1n) is 4.05. The van der Waals surface area contributed by atoms with Crippen molar-refractivity contribution in [2.24, 2.45) is 0 Å². The Morgan fingerprint density at radius 1 is 1.54 bits per heavy atom. The minimum atomic E-state index is 0.200. The second-order valence-electron chi connectivity index (χ2n) is 2.62. The minimum Gasteiger partial charge on any atom is -0.294 e. The molecule has 1 nitrogen and oxygen atoms in total. The molecule has 0 fully saturated rings. The van der Waals surface area contributed by atoms with Crippen LogP contribution in [0.1, 0.15) is 23.7 Å². The Balaban J connectivity index is 3.15. The summed E-state index contributed by atoms with van der Waals surface area (Å²) in [6.45, 7) is 1.88. The molecule has 70 valence electrons. The summed E-state index contributed by atoms with van der Waals surface area (Å²) in [5.74, 6) is 0.200. The maximum Gasteiger partial charge on any atom is 0.163 e. The van der Waals surface area contributed by atoms with Gasteiger partial charge in [-0.25, -0.2) is 0 Å². The highest BCUT2D eigenvalue weighted by atomic mass is 79.9. The van der Waals surface area contributed by atoms with Gasteiger partial charge >= 0.3 is 0 Å². The highest BCUT2D eigenvalue weighted by Gasteiger charge is 2.08. The monoisotopic (exact) mass is 258 g/mol. The number of rotatable bonds is 3. The highest BCUT2D eigenvalue weighted by molar-refractivity contribution is 9.10. The molecule has 0 bridgehead atoms. The number of hydrogen-bond donors (Lipinski definition) is 0. The largest absolute Gasteiger partial charge is 0.294 e. The highest BCUT2D eigenvalue weighted by Crippen LogP contribution is 2.25. The Bertz CT molecular complexity index is 323. The molecule has 0 aromatic heterocycles. The van der Waals surface area contributed by atoms with Crippen molar-refractivity contribution >= 4 is 33.5 Å². The molecule has 1 aromatic rings. The van der Waals surface area contributed by atoms with E-state index in [1.807, 2.05) is 31.4 Å². The lowest BCUT2D eigenvalue weighted by atomic mass is 10.1. The average molecular weight is 259 g/mol. The average Bonchev–Trinajstić information content (AvgIpc) is 2.16. The van der Waals surface area contributed by atoms with E-state index in [9.17, 15) is 4.79 Å². The normalized spacial score (nSPS) is 10.1. The van der Waals surface area contributed by atoms with Gasteiger partial charge in [-0.3, -0.25) is 4.79 Å². The van der Waals surface area contributed by atoms with E-state index in [0.29, 0.717) is 6.42 Å². The third kappa shape index (κ3) is 2.58. The molecule has 0 amide bonds. The summed E-state index contributed by atoms with van der Waals surface area (Å²) in [4.78, 5) is 12.6. The first-order valence-corrected chi connectivity index (χ1v) is 6.07. The molecule has 0 radical (unpaired) electrons. The van der Waals surface area contributed by atoms with Gasteiger partial charge in [-0.1, -0.05) is 22.9 Å². The predicted octanol–water partition coefficient (Wildman–Crippen LogP) is 3.76. The van der Waals surface area contributed by atoms with Crippen LogP contribution in [-0.2, 0) is 0 Å². The fourth-order valence-electron chi connectivity index (χ4n) is 1.09. The fourth-order valence-corrected chi connectivity index (χ4v) is 2.05. The number of carbonyl (C=O) groups is 1. The Morgan fingerprint density at radius 3 is 2.77 bits per heavy atom. The second kappa shape index (κ2) is 4.82. The lowest BCUT2D eigenvalue weighted by molar-refractivity contribution is 0.0985. The van der Waals surface area contributed by atoms with Crippen LogP contribution in [0.2, 0.25) is 0 Å². The summed E-state index contributed by atoms with van der Waals surface area (Å²) in [7, 11) is 0. The number of hydrogen-bond acceptors (Lipinski definition) is 2. The molecule has 0 heterocycles. The quantitative estimate of drug-likeness (QED) is 0.607. The van der Waals surface area contributed by atoms with Crippen LogP contribution in [0.3, 0.4) is 0 Å². The third-order valence-corrected chi connectivity index (χ3v) is 3.07. The Labute approximate surface area is 91.0 Å². The minimum absolute atomic E-state index is 0.200. The van der Waals surface area contributed by atoms with Gasteiger partial charge in [0.25, 0.3) is 0 Å². The molecule has 0 saturated carbocycles. The summed E-state index contributed by atoms with van der Waals surface area (Å²) < 4.78 is 0.960. The molecule has 0 spiro atoms. The van der Waals surface area contributed by atoms with E-state index in [0.717, 1.165) is 14.9 Å². The van der Waals surface area contributed by atoms with Crippen LogP contribution in [0.5, 0.6) is 0 Å². The summed E-state index contributed by atoms with van der Waals surface area (Å²) in [5, 5.41) is 0. The summed E-state index contributed by atoms with van der Waals surface area (Å²) >= 11 is 4.97. The zero-order chi connectivity index (χ0) is 9.84. The van der Waals surface area contributed by atoms with Gasteiger partial charge in [0.1, 0.15) is 0 Å². The second-order valence-corrected chi connectivity index (χ2v) is 4.39. The van der Waals surface area contributed by atoms with E-state index in [4.69, 9.17) is 0 Å². The molecule has 0 aliphatic heterocycles. The van der Waals surface area contributed by atoms with E-state index in [-0.39, 0.29) is 5.78 Å². The van der Waals surface area contributed by atoms with Gasteiger partial charge in [0.15, 0.2) is 5.78 Å². The smallest absolute Gasteiger partial charge is 0.163 e. The van der Waals surface area contributed by atoms with Crippen molar-refractivity contribution in [3.8, 4) is 0 Å². The van der Waals surface area contributed by atoms with E-state index < -0.39 is 0 Å². The molecule has 1 rings (SSSR count). The van der Waals surface area contributed by atoms with E-state index in [1.54, 1.807) is 11.8 Å². The summed E-state index contributed by atoms with van der Waals surface area (Å²) in [6, 6.07) is 5.81. The number of benzene rings is 1. The topological polar surface area (TPSA) is 17.1 Å². The molecule has 3 heteroatoms. The molecule has 0 aliphatic rings. The fraction of sp³-hybridized carbons (Fsp3) is 0.300. The third-order valence-electron chi connectivity index (χ3n) is 1.78. The first-order chi connectivity index (χ1) is 6.19. The molecule has 0 N–H and O–H groups in total. The maximum atomic E-state index is 11.5. The van der Waals surface area contributed by atoms with E-state index >= 15 is 0 Å². The zero-order valence-corrected chi connectivity index (χ0v) is 10.0. The summed E-state index contributed by atoms with van der Waals surface area (Å²) in [5.41, 5.74) is 0.823. The van der Waals surface area contributed by atoms with Gasteiger partial charge in [-0.15, -0.1) is 11.8 Å². The van der Waals surface area contributed by atoms with Crippen LogP contribution in [0, 0.1) is 0 Å². The van der Waals surface area contributed by atoms with Crippen LogP contribution in [-0.4, -0.2) is 12.0 Å². The summed E-state index contributed by atoms with van der Waals surface area (Å²) in [6.07, 6.45) is 2.54. The zero-order valence-electron chi connectivity index (χ0n) is 7.63. The van der Waals surface area contributed by atoms with Crippen molar-refractivity contribution < 1.29 is 4.79 Å². The molecule has 0 atom stereocenters. The number of halogens is 1. The molecule has 13 heavy (non-hydrogen) atoms. The van der Waals surface area contributed by atoms with Gasteiger partial charge in [0.05, 0.1) is 0 Å². The molecule has 0 aliphatic carbocycles. The Morgan fingerprint density at radius 2 is 2.23 bits per heavy atom. The molecule has 1 aromatic carbocycles. The van der Waals surface area contributed by atoms with Crippen molar-refractivity contribution in [2.45, 2.75) is 18.2 Å². The number of thioether (sulfide) groups is 1. The van der Waals surface area contributed by atoms with Gasteiger partial charge in [-0.2, -0.15) is 0 Å². The number of Topliss-reactive ketones (excluding diaryl/α,β-unsaturated/α-hetero) is 1. The molecule has 0 unspecified atom stereocenters. The number of carbonyl (C=O) groups excluding carboxylic acids is 1.